The number of aryl methyl sites for hydroxylation is 1. The molecule has 0 radical (unpaired) electrons. The zero-order valence-corrected chi connectivity index (χ0v) is 9.13. The molecule has 0 unspecified atom stereocenters. The SMILES string of the molecule is CNC(=O)CCNc1c(C)cccc1N. The summed E-state index contributed by atoms with van der Waals surface area (Å²) in [5, 5.41) is 5.73. The monoisotopic (exact) mass is 207 g/mol. The number of rotatable bonds is 4. The number of nitrogens with two attached hydrogens (primary N) is 1. The van der Waals surface area contributed by atoms with E-state index >= 15 is 0 Å². The van der Waals surface area contributed by atoms with Crippen LogP contribution < -0.4 is 16.4 Å². The van der Waals surface area contributed by atoms with Gasteiger partial charge < -0.3 is 16.4 Å². The van der Waals surface area contributed by atoms with Crippen molar-refractivity contribution < 1.29 is 4.79 Å². The highest BCUT2D eigenvalue weighted by molar-refractivity contribution is 5.76. The molecule has 0 heterocycles. The van der Waals surface area contributed by atoms with E-state index in [2.05, 4.69) is 10.6 Å². The lowest BCUT2D eigenvalue weighted by molar-refractivity contribution is -0.120. The van der Waals surface area contributed by atoms with E-state index in [1.165, 1.54) is 0 Å². The third kappa shape index (κ3) is 3.16. The standard InChI is InChI=1S/C11H17N3O/c1-8-4-3-5-9(12)11(8)14-7-6-10(15)13-2/h3-5,14H,6-7,12H2,1-2H3,(H,13,15). The normalized spacial score (nSPS) is 9.73. The Balaban J connectivity index is 2.54. The number of carbonyl (C=O) groups is 1. The number of para-hydroxylation sites is 1. The molecule has 15 heavy (non-hydrogen) atoms. The second kappa shape index (κ2) is 5.24. The molecule has 82 valence electrons. The Kier molecular flexibility index (Phi) is 3.97. The molecule has 4 N–H and O–H groups in total. The molecule has 0 saturated heterocycles. The van der Waals surface area contributed by atoms with Crippen molar-refractivity contribution >= 4 is 17.3 Å². The highest BCUT2D eigenvalue weighted by atomic mass is 16.1. The molecule has 1 rings (SSSR count). The van der Waals surface area contributed by atoms with E-state index in [1.54, 1.807) is 7.05 Å². The highest BCUT2D eigenvalue weighted by Crippen LogP contribution is 2.21. The molecule has 4 nitrogen and oxygen atoms in total. The summed E-state index contributed by atoms with van der Waals surface area (Å²) in [6, 6.07) is 5.74. The molecule has 0 aromatic heterocycles. The van der Waals surface area contributed by atoms with Crippen LogP contribution in [0.2, 0.25) is 0 Å². The number of carbonyl (C=O) groups excluding carboxylic acids is 1. The maximum atomic E-state index is 11.0. The lowest BCUT2D eigenvalue weighted by Crippen LogP contribution is -2.21. The molecule has 0 saturated carbocycles. The maximum Gasteiger partial charge on any atom is 0.221 e. The number of nitrogen functional groups attached to an aromatic ring is 1. The van der Waals surface area contributed by atoms with E-state index in [4.69, 9.17) is 5.73 Å². The topological polar surface area (TPSA) is 67.2 Å². The lowest BCUT2D eigenvalue weighted by Gasteiger charge is -2.11. The van der Waals surface area contributed by atoms with Crippen molar-refractivity contribution in [1.29, 1.82) is 0 Å². The summed E-state index contributed by atoms with van der Waals surface area (Å²) in [5.41, 5.74) is 8.53. The predicted molar refractivity (Wildman–Crippen MR) is 62.8 cm³/mol. The first-order valence-electron chi connectivity index (χ1n) is 4.94. The van der Waals surface area contributed by atoms with Crippen LogP contribution in [0.5, 0.6) is 0 Å². The molecule has 0 spiro atoms. The molecule has 0 bridgehead atoms. The van der Waals surface area contributed by atoms with Gasteiger partial charge in [-0.05, 0) is 18.6 Å². The number of hydrogen-bond donors (Lipinski definition) is 3. The van der Waals surface area contributed by atoms with Gasteiger partial charge in [-0.15, -0.1) is 0 Å². The van der Waals surface area contributed by atoms with Crippen molar-refractivity contribution in [2.75, 3.05) is 24.6 Å². The highest BCUT2D eigenvalue weighted by Gasteiger charge is 2.02. The molecular formula is C11H17N3O. The van der Waals surface area contributed by atoms with Gasteiger partial charge in [0, 0.05) is 20.0 Å². The molecule has 0 aliphatic heterocycles. The van der Waals surface area contributed by atoms with Gasteiger partial charge in [-0.3, -0.25) is 4.79 Å². The number of benzene rings is 1. The summed E-state index contributed by atoms with van der Waals surface area (Å²) in [4.78, 5) is 11.0. The quantitative estimate of drug-likeness (QED) is 0.648. The van der Waals surface area contributed by atoms with Crippen molar-refractivity contribution in [2.45, 2.75) is 13.3 Å². The van der Waals surface area contributed by atoms with E-state index in [0.29, 0.717) is 18.7 Å². The third-order valence-corrected chi connectivity index (χ3v) is 2.24. The van der Waals surface area contributed by atoms with Crippen LogP contribution in [-0.4, -0.2) is 19.5 Å². The molecule has 4 heteroatoms. The van der Waals surface area contributed by atoms with Gasteiger partial charge in [-0.25, -0.2) is 0 Å². The van der Waals surface area contributed by atoms with Gasteiger partial charge in [-0.2, -0.15) is 0 Å². The summed E-state index contributed by atoms with van der Waals surface area (Å²) in [7, 11) is 1.63. The van der Waals surface area contributed by atoms with E-state index in [-0.39, 0.29) is 5.91 Å². The van der Waals surface area contributed by atoms with Crippen molar-refractivity contribution in [1.82, 2.24) is 5.32 Å². The molecule has 1 aromatic rings. The zero-order valence-electron chi connectivity index (χ0n) is 9.13. The molecule has 0 aliphatic rings. The van der Waals surface area contributed by atoms with E-state index in [9.17, 15) is 4.79 Å². The fourth-order valence-corrected chi connectivity index (χ4v) is 1.36. The van der Waals surface area contributed by atoms with Crippen LogP contribution in [0.25, 0.3) is 0 Å². The molecule has 1 amide bonds. The first-order chi connectivity index (χ1) is 7.15. The second-order valence-corrected chi connectivity index (χ2v) is 3.39. The Bertz CT molecular complexity index is 329. The predicted octanol–water partition coefficient (Wildman–Crippen LogP) is 1.13. The van der Waals surface area contributed by atoms with E-state index in [1.807, 2.05) is 25.1 Å². The first kappa shape index (κ1) is 11.4. The van der Waals surface area contributed by atoms with Crippen molar-refractivity contribution in [3.63, 3.8) is 0 Å². The largest absolute Gasteiger partial charge is 0.397 e. The van der Waals surface area contributed by atoms with Gasteiger partial charge in [0.05, 0.1) is 11.4 Å². The molecule has 0 fully saturated rings. The minimum Gasteiger partial charge on any atom is -0.397 e. The van der Waals surface area contributed by atoms with Crippen LogP contribution in [0.15, 0.2) is 18.2 Å². The van der Waals surface area contributed by atoms with E-state index < -0.39 is 0 Å². The summed E-state index contributed by atoms with van der Waals surface area (Å²) >= 11 is 0. The summed E-state index contributed by atoms with van der Waals surface area (Å²) < 4.78 is 0. The Hall–Kier alpha value is -1.71. The van der Waals surface area contributed by atoms with E-state index in [0.717, 1.165) is 11.3 Å². The maximum absolute atomic E-state index is 11.0. The number of anilines is 2. The van der Waals surface area contributed by atoms with Crippen LogP contribution in [0.1, 0.15) is 12.0 Å². The van der Waals surface area contributed by atoms with Gasteiger partial charge in [-0.1, -0.05) is 12.1 Å². The third-order valence-electron chi connectivity index (χ3n) is 2.24. The smallest absolute Gasteiger partial charge is 0.221 e. The fraction of sp³-hybridized carbons (Fsp3) is 0.364. The first-order valence-corrected chi connectivity index (χ1v) is 4.94. The minimum atomic E-state index is 0.0228. The van der Waals surface area contributed by atoms with Crippen LogP contribution in [-0.2, 0) is 4.79 Å². The van der Waals surface area contributed by atoms with Crippen LogP contribution >= 0.6 is 0 Å². The van der Waals surface area contributed by atoms with Gasteiger partial charge in [0.15, 0.2) is 0 Å². The summed E-state index contributed by atoms with van der Waals surface area (Å²) in [6.07, 6.45) is 0.449. The van der Waals surface area contributed by atoms with Gasteiger partial charge in [0.25, 0.3) is 0 Å². The lowest BCUT2D eigenvalue weighted by atomic mass is 10.1. The average Bonchev–Trinajstić information content (AvgIpc) is 2.22. The zero-order chi connectivity index (χ0) is 11.3. The Morgan fingerprint density at radius 3 is 2.80 bits per heavy atom. The van der Waals surface area contributed by atoms with Crippen LogP contribution in [0.3, 0.4) is 0 Å². The number of nitrogens with one attached hydrogen (secondary N) is 2. The van der Waals surface area contributed by atoms with Crippen molar-refractivity contribution in [3.8, 4) is 0 Å². The van der Waals surface area contributed by atoms with Crippen LogP contribution in [0.4, 0.5) is 11.4 Å². The number of hydrogen-bond acceptors (Lipinski definition) is 3. The average molecular weight is 207 g/mol. The van der Waals surface area contributed by atoms with Crippen molar-refractivity contribution in [2.24, 2.45) is 0 Å². The second-order valence-electron chi connectivity index (χ2n) is 3.39. The minimum absolute atomic E-state index is 0.0228. The van der Waals surface area contributed by atoms with Gasteiger partial charge >= 0.3 is 0 Å². The van der Waals surface area contributed by atoms with Crippen molar-refractivity contribution in [3.05, 3.63) is 23.8 Å². The molecule has 0 atom stereocenters. The molecule has 1 aromatic carbocycles. The number of amides is 1. The molecular weight excluding hydrogens is 190 g/mol. The van der Waals surface area contributed by atoms with Gasteiger partial charge in [0.1, 0.15) is 0 Å². The Morgan fingerprint density at radius 2 is 2.20 bits per heavy atom. The summed E-state index contributed by atoms with van der Waals surface area (Å²) in [6.45, 7) is 2.58. The van der Waals surface area contributed by atoms with Gasteiger partial charge in [0.2, 0.25) is 5.91 Å². The Labute approximate surface area is 89.9 Å². The Morgan fingerprint density at radius 1 is 1.47 bits per heavy atom. The van der Waals surface area contributed by atoms with Crippen LogP contribution in [0, 0.1) is 6.92 Å². The molecule has 0 aliphatic carbocycles. The fourth-order valence-electron chi connectivity index (χ4n) is 1.36. The summed E-state index contributed by atoms with van der Waals surface area (Å²) in [5.74, 6) is 0.0228.